The Morgan fingerprint density at radius 2 is 1.24 bits per heavy atom. The van der Waals surface area contributed by atoms with E-state index >= 15 is 0 Å². The number of methoxy groups -OCH3 is 1. The summed E-state index contributed by atoms with van der Waals surface area (Å²) in [6, 6.07) is 7.71. The highest BCUT2D eigenvalue weighted by molar-refractivity contribution is 5.64. The average molecular weight is 411 g/mol. The number of amides is 2. The number of rotatable bonds is 4. The molecule has 0 bridgehead atoms. The van der Waals surface area contributed by atoms with Gasteiger partial charge in [0.25, 0.3) is 0 Å². The number of carbonyl (C=O) groups is 2. The number of nitrogens with zero attached hydrogens (tertiary/aromatic N) is 1. The summed E-state index contributed by atoms with van der Waals surface area (Å²) < 4.78 is 7.19. The zero-order chi connectivity index (χ0) is 22.6. The van der Waals surface area contributed by atoms with Crippen molar-refractivity contribution in [2.75, 3.05) is 21.2 Å². The van der Waals surface area contributed by atoms with E-state index in [1.54, 1.807) is 7.11 Å². The van der Waals surface area contributed by atoms with Gasteiger partial charge in [-0.1, -0.05) is 0 Å². The molecule has 0 radical (unpaired) electrons. The first kappa shape index (κ1) is 25.8. The lowest BCUT2D eigenvalue weighted by molar-refractivity contribution is 0.196. The lowest BCUT2D eigenvalue weighted by Crippen LogP contribution is -2.13. The fourth-order valence-electron chi connectivity index (χ4n) is 2.50. The Labute approximate surface area is 169 Å². The topological polar surface area (TPSA) is 153 Å². The second-order valence-corrected chi connectivity index (χ2v) is 5.59. The van der Waals surface area contributed by atoms with E-state index in [-0.39, 0.29) is 13.2 Å². The van der Waals surface area contributed by atoms with Gasteiger partial charge in [-0.2, -0.15) is 0 Å². The maximum absolute atomic E-state index is 9.45. The van der Waals surface area contributed by atoms with Crippen LogP contribution in [-0.2, 0) is 13.2 Å². The van der Waals surface area contributed by atoms with Gasteiger partial charge in [0.05, 0.1) is 20.3 Å². The third kappa shape index (κ3) is 7.72. The van der Waals surface area contributed by atoms with Crippen molar-refractivity contribution in [2.45, 2.75) is 27.1 Å². The molecule has 10 heteroatoms. The number of hydrogen-bond donors (Lipinski definition) is 6. The van der Waals surface area contributed by atoms with Crippen LogP contribution in [-0.4, -0.2) is 58.4 Å². The molecule has 0 saturated carbocycles. The van der Waals surface area contributed by atoms with Crippen LogP contribution >= 0.6 is 0 Å². The van der Waals surface area contributed by atoms with Gasteiger partial charge in [0.15, 0.2) is 0 Å². The Morgan fingerprint density at radius 3 is 1.48 bits per heavy atom. The van der Waals surface area contributed by atoms with E-state index in [2.05, 4.69) is 0 Å². The Kier molecular flexibility index (Phi) is 11.6. The second kappa shape index (κ2) is 13.0. The molecule has 10 nitrogen and oxygen atoms in total. The number of aliphatic hydroxyl groups is 2. The minimum atomic E-state index is -0.995. The SMILES string of the molecule is CNC(=O)O.CNC(=O)O.COc1ccc(-n2c(C)c(CO)c(CO)c2C)cc1. The minimum Gasteiger partial charge on any atom is -0.497 e. The zero-order valence-corrected chi connectivity index (χ0v) is 17.2. The Bertz CT molecular complexity index is 745. The van der Waals surface area contributed by atoms with Crippen LogP contribution < -0.4 is 15.4 Å². The molecule has 6 N–H and O–H groups in total. The summed E-state index contributed by atoms with van der Waals surface area (Å²) in [6.07, 6.45) is -1.99. The first-order valence-corrected chi connectivity index (χ1v) is 8.55. The molecule has 0 atom stereocenters. The van der Waals surface area contributed by atoms with Crippen LogP contribution in [0.5, 0.6) is 5.75 Å². The number of nitrogens with one attached hydrogen (secondary N) is 2. The van der Waals surface area contributed by atoms with Gasteiger partial charge in [-0.15, -0.1) is 0 Å². The molecule has 162 valence electrons. The standard InChI is InChI=1S/C15H19NO3.2C2H5NO2/c1-10-14(8-17)15(9-18)11(2)16(10)12-4-6-13(19-3)7-5-12;2*1-3-2(4)5/h4-7,17-18H,8-9H2,1-3H3;2*3H,1H3,(H,4,5). The van der Waals surface area contributed by atoms with Gasteiger partial charge in [0.1, 0.15) is 5.75 Å². The molecule has 2 aromatic rings. The highest BCUT2D eigenvalue weighted by atomic mass is 16.5. The molecule has 0 fully saturated rings. The second-order valence-electron chi connectivity index (χ2n) is 5.59. The molecule has 0 unspecified atom stereocenters. The van der Waals surface area contributed by atoms with E-state index in [1.165, 1.54) is 14.1 Å². The Hall–Kier alpha value is -3.24. The molecule has 0 saturated heterocycles. The lowest BCUT2D eigenvalue weighted by Gasteiger charge is -2.10. The zero-order valence-electron chi connectivity index (χ0n) is 17.2. The molecular weight excluding hydrogens is 382 g/mol. The predicted octanol–water partition coefficient (Wildman–Crippen LogP) is 1.85. The number of carboxylic acid groups (broad SMARTS) is 2. The normalized spacial score (nSPS) is 9.34. The summed E-state index contributed by atoms with van der Waals surface area (Å²) in [5.74, 6) is 0.802. The Morgan fingerprint density at radius 1 is 0.897 bits per heavy atom. The quantitative estimate of drug-likeness (QED) is 0.449. The van der Waals surface area contributed by atoms with E-state index in [0.29, 0.717) is 0 Å². The molecular formula is C19H29N3O7. The van der Waals surface area contributed by atoms with Gasteiger partial charge in [-0.3, -0.25) is 0 Å². The Balaban J connectivity index is 0.000000653. The maximum atomic E-state index is 9.45. The molecule has 0 spiro atoms. The number of ether oxygens (including phenoxy) is 1. The number of aromatic nitrogens is 1. The van der Waals surface area contributed by atoms with Crippen LogP contribution in [0.4, 0.5) is 9.59 Å². The largest absolute Gasteiger partial charge is 0.497 e. The first-order chi connectivity index (χ1) is 13.7. The highest BCUT2D eigenvalue weighted by Crippen LogP contribution is 2.27. The molecule has 1 aromatic carbocycles. The molecule has 0 aliphatic heterocycles. The van der Waals surface area contributed by atoms with Crippen molar-refractivity contribution in [1.82, 2.24) is 15.2 Å². The fourth-order valence-corrected chi connectivity index (χ4v) is 2.50. The average Bonchev–Trinajstić information content (AvgIpc) is 2.97. The van der Waals surface area contributed by atoms with Gasteiger partial charge < -0.3 is 40.4 Å². The molecule has 2 amide bonds. The van der Waals surface area contributed by atoms with E-state index < -0.39 is 12.2 Å². The highest BCUT2D eigenvalue weighted by Gasteiger charge is 2.17. The minimum absolute atomic E-state index is 0.0638. The van der Waals surface area contributed by atoms with E-state index in [4.69, 9.17) is 14.9 Å². The molecule has 0 aliphatic carbocycles. The summed E-state index contributed by atoms with van der Waals surface area (Å²) in [4.78, 5) is 18.5. The molecule has 29 heavy (non-hydrogen) atoms. The molecule has 0 aliphatic rings. The van der Waals surface area contributed by atoms with Crippen LogP contribution in [0.1, 0.15) is 22.5 Å². The molecule has 1 heterocycles. The van der Waals surface area contributed by atoms with E-state index in [0.717, 1.165) is 34.0 Å². The van der Waals surface area contributed by atoms with Crippen LogP contribution in [0.3, 0.4) is 0 Å². The third-order valence-corrected chi connectivity index (χ3v) is 3.98. The third-order valence-electron chi connectivity index (χ3n) is 3.98. The van der Waals surface area contributed by atoms with Crippen LogP contribution in [0.15, 0.2) is 24.3 Å². The van der Waals surface area contributed by atoms with Crippen LogP contribution in [0.2, 0.25) is 0 Å². The lowest BCUT2D eigenvalue weighted by atomic mass is 10.1. The first-order valence-electron chi connectivity index (χ1n) is 8.55. The number of hydrogen-bond acceptors (Lipinski definition) is 5. The smallest absolute Gasteiger partial charge is 0.404 e. The van der Waals surface area contributed by atoms with Crippen molar-refractivity contribution < 1.29 is 34.8 Å². The van der Waals surface area contributed by atoms with Gasteiger partial charge in [-0.25, -0.2) is 9.59 Å². The summed E-state index contributed by atoms with van der Waals surface area (Å²) in [6.45, 7) is 3.77. The van der Waals surface area contributed by atoms with Gasteiger partial charge >= 0.3 is 12.2 Å². The van der Waals surface area contributed by atoms with Crippen molar-refractivity contribution in [2.24, 2.45) is 0 Å². The van der Waals surface area contributed by atoms with E-state index in [9.17, 15) is 19.8 Å². The van der Waals surface area contributed by atoms with Gasteiger partial charge in [0, 0.05) is 42.3 Å². The summed E-state index contributed by atoms with van der Waals surface area (Å²) in [7, 11) is 4.33. The van der Waals surface area contributed by atoms with Crippen molar-refractivity contribution in [3.63, 3.8) is 0 Å². The van der Waals surface area contributed by atoms with Crippen molar-refractivity contribution in [3.8, 4) is 11.4 Å². The fraction of sp³-hybridized carbons (Fsp3) is 0.368. The predicted molar refractivity (Wildman–Crippen MR) is 108 cm³/mol. The number of benzene rings is 1. The van der Waals surface area contributed by atoms with Crippen molar-refractivity contribution in [3.05, 3.63) is 46.8 Å². The number of aliphatic hydroxyl groups excluding tert-OH is 2. The monoisotopic (exact) mass is 411 g/mol. The van der Waals surface area contributed by atoms with Crippen molar-refractivity contribution >= 4 is 12.2 Å². The maximum Gasteiger partial charge on any atom is 0.404 e. The van der Waals surface area contributed by atoms with E-state index in [1.807, 2.05) is 53.3 Å². The van der Waals surface area contributed by atoms with Gasteiger partial charge in [-0.05, 0) is 38.1 Å². The van der Waals surface area contributed by atoms with Gasteiger partial charge in [0.2, 0.25) is 0 Å². The van der Waals surface area contributed by atoms with Crippen LogP contribution in [0.25, 0.3) is 5.69 Å². The summed E-state index contributed by atoms with van der Waals surface area (Å²) >= 11 is 0. The molecule has 1 aromatic heterocycles. The summed E-state index contributed by atoms with van der Waals surface area (Å²) in [5, 5.41) is 38.0. The van der Waals surface area contributed by atoms with Crippen molar-refractivity contribution in [1.29, 1.82) is 0 Å². The summed E-state index contributed by atoms with van der Waals surface area (Å²) in [5.41, 5.74) is 4.50. The van der Waals surface area contributed by atoms with Crippen LogP contribution in [0, 0.1) is 13.8 Å². The molecule has 2 rings (SSSR count).